The van der Waals surface area contributed by atoms with Gasteiger partial charge in [-0.2, -0.15) is 4.98 Å². The second-order valence-corrected chi connectivity index (χ2v) is 5.62. The molecule has 3 atom stereocenters. The topological polar surface area (TPSA) is 67.8 Å². The summed E-state index contributed by atoms with van der Waals surface area (Å²) >= 11 is 4.85. The van der Waals surface area contributed by atoms with Crippen molar-refractivity contribution >= 4 is 12.2 Å². The number of H-pyrrole nitrogens is 1. The first-order valence-corrected chi connectivity index (χ1v) is 6.20. The first-order chi connectivity index (χ1) is 7.54. The van der Waals surface area contributed by atoms with Gasteiger partial charge < -0.3 is 10.3 Å². The molecule has 1 fully saturated rings. The smallest absolute Gasteiger partial charge is 0.314 e. The largest absolute Gasteiger partial charge is 0.348 e. The van der Waals surface area contributed by atoms with Crippen LogP contribution in [0.5, 0.6) is 0 Å². The van der Waals surface area contributed by atoms with Crippen LogP contribution in [0.2, 0.25) is 0 Å². The van der Waals surface area contributed by atoms with Crippen LogP contribution in [0, 0.1) is 22.1 Å². The minimum absolute atomic E-state index is 0.175. The molecule has 0 spiro atoms. The monoisotopic (exact) mass is 241 g/mol. The van der Waals surface area contributed by atoms with Crippen molar-refractivity contribution in [2.45, 2.75) is 33.1 Å². The fraction of sp³-hybridized carbons (Fsp3) is 0.818. The van der Waals surface area contributed by atoms with Gasteiger partial charge in [-0.25, -0.2) is 5.16 Å². The van der Waals surface area contributed by atoms with Crippen LogP contribution in [0.25, 0.3) is 0 Å². The molecule has 0 aliphatic heterocycles. The summed E-state index contributed by atoms with van der Waals surface area (Å²) in [7, 11) is 0. The van der Waals surface area contributed by atoms with Gasteiger partial charge in [-0.3, -0.25) is 0 Å². The molecule has 4 nitrogen and oxygen atoms in total. The number of aromatic nitrogens is 2. The summed E-state index contributed by atoms with van der Waals surface area (Å²) < 4.78 is 4.96. The van der Waals surface area contributed by atoms with Crippen molar-refractivity contribution in [2.24, 2.45) is 23.0 Å². The minimum Gasteiger partial charge on any atom is -0.348 e. The third-order valence-electron chi connectivity index (χ3n) is 3.94. The van der Waals surface area contributed by atoms with E-state index in [0.717, 1.165) is 36.9 Å². The number of hydrogen-bond acceptors (Lipinski definition) is 4. The second kappa shape index (κ2) is 4.30. The summed E-state index contributed by atoms with van der Waals surface area (Å²) in [5.41, 5.74) is 6.12. The van der Waals surface area contributed by atoms with E-state index in [2.05, 4.69) is 24.0 Å². The van der Waals surface area contributed by atoms with Crippen LogP contribution in [-0.4, -0.2) is 16.7 Å². The molecule has 3 N–H and O–H groups in total. The Balaban J connectivity index is 2.14. The van der Waals surface area contributed by atoms with Gasteiger partial charge in [0.05, 0.1) is 0 Å². The molecule has 1 saturated carbocycles. The van der Waals surface area contributed by atoms with E-state index in [1.54, 1.807) is 0 Å². The van der Waals surface area contributed by atoms with Crippen LogP contribution in [0.1, 0.15) is 32.5 Å². The Morgan fingerprint density at radius 3 is 2.56 bits per heavy atom. The van der Waals surface area contributed by atoms with E-state index >= 15 is 0 Å². The average molecular weight is 241 g/mol. The van der Waals surface area contributed by atoms with Crippen molar-refractivity contribution in [3.63, 3.8) is 0 Å². The quantitative estimate of drug-likeness (QED) is 0.797. The molecule has 16 heavy (non-hydrogen) atoms. The van der Waals surface area contributed by atoms with Gasteiger partial charge in [0, 0.05) is 6.42 Å². The lowest BCUT2D eigenvalue weighted by Gasteiger charge is -2.26. The standard InChI is InChI=1S/C11H19N3OS/c1-7-3-11(6-12,4-8(7)2)5-9-13-10(16)15-14-9/h7-8H,3-6,12H2,1-2H3,(H,13,14,16)/t7-,8?,11?/m1/s1. The Morgan fingerprint density at radius 1 is 1.50 bits per heavy atom. The highest BCUT2D eigenvalue weighted by atomic mass is 32.1. The molecule has 2 unspecified atom stereocenters. The number of nitrogens with zero attached hydrogens (tertiary/aromatic N) is 1. The summed E-state index contributed by atoms with van der Waals surface area (Å²) in [6, 6.07) is 0. The Kier molecular flexibility index (Phi) is 3.17. The lowest BCUT2D eigenvalue weighted by atomic mass is 9.81. The maximum atomic E-state index is 5.95. The highest BCUT2D eigenvalue weighted by Crippen LogP contribution is 2.46. The third-order valence-corrected chi connectivity index (χ3v) is 4.11. The molecule has 2 rings (SSSR count). The van der Waals surface area contributed by atoms with Crippen LogP contribution in [0.4, 0.5) is 0 Å². The van der Waals surface area contributed by atoms with Crippen molar-refractivity contribution < 1.29 is 4.52 Å². The summed E-state index contributed by atoms with van der Waals surface area (Å²) in [6.07, 6.45) is 3.18. The van der Waals surface area contributed by atoms with E-state index in [1.165, 1.54) is 0 Å². The first-order valence-electron chi connectivity index (χ1n) is 5.79. The SMILES string of the molecule is CC1CC(CN)(Cc2nc(=S)o[nH]2)C[C@H]1C. The average Bonchev–Trinajstić information content (AvgIpc) is 2.74. The van der Waals surface area contributed by atoms with E-state index < -0.39 is 0 Å². The van der Waals surface area contributed by atoms with Crippen LogP contribution < -0.4 is 5.73 Å². The van der Waals surface area contributed by atoms with E-state index in [0.29, 0.717) is 6.54 Å². The van der Waals surface area contributed by atoms with Gasteiger partial charge in [0.1, 0.15) is 5.82 Å². The zero-order chi connectivity index (χ0) is 11.8. The Morgan fingerprint density at radius 2 is 2.12 bits per heavy atom. The first kappa shape index (κ1) is 11.8. The van der Waals surface area contributed by atoms with Gasteiger partial charge in [-0.1, -0.05) is 13.8 Å². The van der Waals surface area contributed by atoms with Gasteiger partial charge in [0.2, 0.25) is 0 Å². The lowest BCUT2D eigenvalue weighted by Crippen LogP contribution is -2.30. The third kappa shape index (κ3) is 2.20. The molecule has 0 bridgehead atoms. The lowest BCUT2D eigenvalue weighted by molar-refractivity contribution is 0.279. The molecule has 1 aromatic heterocycles. The van der Waals surface area contributed by atoms with Gasteiger partial charge in [0.25, 0.3) is 0 Å². The summed E-state index contributed by atoms with van der Waals surface area (Å²) in [6.45, 7) is 5.30. The van der Waals surface area contributed by atoms with Crippen molar-refractivity contribution in [1.82, 2.24) is 10.1 Å². The molecule has 0 saturated heterocycles. The van der Waals surface area contributed by atoms with Gasteiger partial charge in [0.15, 0.2) is 0 Å². The number of hydrogen-bond donors (Lipinski definition) is 2. The molecule has 5 heteroatoms. The van der Waals surface area contributed by atoms with Gasteiger partial charge in [-0.05, 0) is 48.9 Å². The summed E-state index contributed by atoms with van der Waals surface area (Å²) in [4.78, 5) is 4.43. The highest BCUT2D eigenvalue weighted by Gasteiger charge is 2.41. The maximum absolute atomic E-state index is 5.95. The van der Waals surface area contributed by atoms with Crippen LogP contribution >= 0.6 is 12.2 Å². The number of aromatic amines is 1. The van der Waals surface area contributed by atoms with Crippen LogP contribution in [0.3, 0.4) is 0 Å². The number of rotatable bonds is 3. The maximum Gasteiger partial charge on any atom is 0.314 e. The van der Waals surface area contributed by atoms with Crippen molar-refractivity contribution in [3.05, 3.63) is 10.7 Å². The van der Waals surface area contributed by atoms with E-state index in [-0.39, 0.29) is 10.3 Å². The molecule has 1 aliphatic rings. The Hall–Kier alpha value is -0.680. The Bertz CT molecular complexity index is 401. The van der Waals surface area contributed by atoms with Crippen molar-refractivity contribution in [1.29, 1.82) is 0 Å². The molecule has 1 aromatic rings. The van der Waals surface area contributed by atoms with Crippen molar-refractivity contribution in [3.8, 4) is 0 Å². The summed E-state index contributed by atoms with van der Waals surface area (Å²) in [5, 5.41) is 2.78. The van der Waals surface area contributed by atoms with E-state index in [4.69, 9.17) is 22.5 Å². The Labute approximate surface area is 101 Å². The summed E-state index contributed by atoms with van der Waals surface area (Å²) in [5.74, 6) is 2.30. The molecule has 0 amide bonds. The van der Waals surface area contributed by atoms with E-state index in [9.17, 15) is 0 Å². The molecule has 1 aliphatic carbocycles. The normalized spacial score (nSPS) is 34.4. The molecule has 0 aromatic carbocycles. The molecular weight excluding hydrogens is 222 g/mol. The molecule has 0 radical (unpaired) electrons. The zero-order valence-electron chi connectivity index (χ0n) is 9.82. The van der Waals surface area contributed by atoms with E-state index in [1.807, 2.05) is 0 Å². The predicted octanol–water partition coefficient (Wildman–Crippen LogP) is 2.29. The van der Waals surface area contributed by atoms with Gasteiger partial charge in [-0.15, -0.1) is 0 Å². The molecule has 1 heterocycles. The fourth-order valence-electron chi connectivity index (χ4n) is 2.92. The number of nitrogens with one attached hydrogen (secondary N) is 1. The fourth-order valence-corrected chi connectivity index (χ4v) is 3.08. The highest BCUT2D eigenvalue weighted by molar-refractivity contribution is 7.71. The van der Waals surface area contributed by atoms with Crippen LogP contribution in [0.15, 0.2) is 4.52 Å². The van der Waals surface area contributed by atoms with Gasteiger partial charge >= 0.3 is 4.84 Å². The number of nitrogens with two attached hydrogens (primary N) is 1. The van der Waals surface area contributed by atoms with Crippen LogP contribution in [-0.2, 0) is 6.42 Å². The minimum atomic E-state index is 0.175. The zero-order valence-corrected chi connectivity index (χ0v) is 10.6. The molecule has 90 valence electrons. The van der Waals surface area contributed by atoms with Crippen molar-refractivity contribution in [2.75, 3.05) is 6.54 Å². The molecular formula is C11H19N3OS. The second-order valence-electron chi connectivity index (χ2n) is 5.27. The predicted molar refractivity (Wildman–Crippen MR) is 64.4 cm³/mol.